The van der Waals surface area contributed by atoms with Crippen molar-refractivity contribution in [1.82, 2.24) is 0 Å². The SMILES string of the molecule is C1=CC2(C=C1)/C=C\CCC/C=C\2. The van der Waals surface area contributed by atoms with Gasteiger partial charge in [0.25, 0.3) is 0 Å². The Hall–Kier alpha value is -1.04. The second-order valence-corrected chi connectivity index (χ2v) is 3.45. The van der Waals surface area contributed by atoms with Gasteiger partial charge in [0, 0.05) is 5.41 Å². The van der Waals surface area contributed by atoms with Crippen LogP contribution in [0.25, 0.3) is 0 Å². The largest absolute Gasteiger partial charge is 0.0870 e. The van der Waals surface area contributed by atoms with Crippen LogP contribution in [0.5, 0.6) is 0 Å². The molecule has 0 atom stereocenters. The molecule has 0 amide bonds. The van der Waals surface area contributed by atoms with E-state index in [1.165, 1.54) is 19.3 Å². The average Bonchev–Trinajstić information content (AvgIpc) is 2.47. The third-order valence-corrected chi connectivity index (χ3v) is 2.44. The third kappa shape index (κ3) is 1.42. The lowest BCUT2D eigenvalue weighted by Gasteiger charge is -2.17. The molecular weight excluding hydrogens is 144 g/mol. The van der Waals surface area contributed by atoms with E-state index >= 15 is 0 Å². The predicted molar refractivity (Wildman–Crippen MR) is 52.8 cm³/mol. The van der Waals surface area contributed by atoms with Crippen molar-refractivity contribution in [1.29, 1.82) is 0 Å². The molecule has 1 spiro atoms. The molecule has 0 nitrogen and oxygen atoms in total. The van der Waals surface area contributed by atoms with Gasteiger partial charge in [0.15, 0.2) is 0 Å². The lowest BCUT2D eigenvalue weighted by Crippen LogP contribution is -2.05. The lowest BCUT2D eigenvalue weighted by atomic mass is 9.87. The molecule has 0 aromatic carbocycles. The van der Waals surface area contributed by atoms with Crippen LogP contribution in [0.4, 0.5) is 0 Å². The minimum absolute atomic E-state index is 0.125. The molecule has 0 N–H and O–H groups in total. The van der Waals surface area contributed by atoms with Gasteiger partial charge in [0.05, 0.1) is 0 Å². The van der Waals surface area contributed by atoms with Crippen LogP contribution in [0.3, 0.4) is 0 Å². The van der Waals surface area contributed by atoms with Crippen LogP contribution in [0.1, 0.15) is 19.3 Å². The summed E-state index contributed by atoms with van der Waals surface area (Å²) in [6, 6.07) is 0. The highest BCUT2D eigenvalue weighted by Gasteiger charge is 2.18. The van der Waals surface area contributed by atoms with E-state index in [2.05, 4.69) is 48.6 Å². The third-order valence-electron chi connectivity index (χ3n) is 2.44. The van der Waals surface area contributed by atoms with Crippen LogP contribution in [-0.2, 0) is 0 Å². The Morgan fingerprint density at radius 1 is 0.750 bits per heavy atom. The average molecular weight is 158 g/mol. The van der Waals surface area contributed by atoms with Crippen molar-refractivity contribution in [2.24, 2.45) is 5.41 Å². The summed E-state index contributed by atoms with van der Waals surface area (Å²) in [7, 11) is 0. The molecular formula is C12H14. The molecule has 0 aromatic rings. The Morgan fingerprint density at radius 3 is 1.92 bits per heavy atom. The first-order valence-corrected chi connectivity index (χ1v) is 4.64. The molecule has 2 rings (SSSR count). The Balaban J connectivity index is 2.26. The molecule has 0 saturated carbocycles. The molecule has 2 aliphatic rings. The zero-order valence-corrected chi connectivity index (χ0v) is 7.24. The summed E-state index contributed by atoms with van der Waals surface area (Å²) in [5.74, 6) is 0. The van der Waals surface area contributed by atoms with E-state index < -0.39 is 0 Å². The van der Waals surface area contributed by atoms with Gasteiger partial charge in [0.2, 0.25) is 0 Å². The molecule has 0 heteroatoms. The molecule has 0 unspecified atom stereocenters. The molecule has 62 valence electrons. The van der Waals surface area contributed by atoms with Crippen molar-refractivity contribution >= 4 is 0 Å². The van der Waals surface area contributed by atoms with Gasteiger partial charge in [-0.25, -0.2) is 0 Å². The first kappa shape index (κ1) is 7.60. The molecule has 0 fully saturated rings. The summed E-state index contributed by atoms with van der Waals surface area (Å²) in [5, 5.41) is 0. The first-order chi connectivity index (χ1) is 5.91. The topological polar surface area (TPSA) is 0 Å². The molecule has 0 aromatic heterocycles. The number of rotatable bonds is 0. The highest BCUT2D eigenvalue weighted by Crippen LogP contribution is 2.31. The van der Waals surface area contributed by atoms with Crippen LogP contribution in [0.15, 0.2) is 48.6 Å². The molecule has 2 aliphatic carbocycles. The maximum absolute atomic E-state index is 2.30. The maximum Gasteiger partial charge on any atom is 0.0429 e. The summed E-state index contributed by atoms with van der Waals surface area (Å²) >= 11 is 0. The summed E-state index contributed by atoms with van der Waals surface area (Å²) in [6.45, 7) is 0. The van der Waals surface area contributed by atoms with E-state index in [9.17, 15) is 0 Å². The normalized spacial score (nSPS) is 30.0. The summed E-state index contributed by atoms with van der Waals surface area (Å²) in [6.07, 6.45) is 21.6. The van der Waals surface area contributed by atoms with Crippen molar-refractivity contribution in [3.05, 3.63) is 48.6 Å². The number of hydrogen-bond acceptors (Lipinski definition) is 0. The van der Waals surface area contributed by atoms with Gasteiger partial charge in [-0.2, -0.15) is 0 Å². The van der Waals surface area contributed by atoms with E-state index in [1.54, 1.807) is 0 Å². The predicted octanol–water partition coefficient (Wildman–Crippen LogP) is 3.40. The van der Waals surface area contributed by atoms with Crippen molar-refractivity contribution in [3.63, 3.8) is 0 Å². The molecule has 0 saturated heterocycles. The van der Waals surface area contributed by atoms with E-state index in [0.29, 0.717) is 0 Å². The second kappa shape index (κ2) is 3.14. The fourth-order valence-electron chi connectivity index (χ4n) is 1.71. The van der Waals surface area contributed by atoms with Gasteiger partial charge in [-0.3, -0.25) is 0 Å². The molecule has 0 bridgehead atoms. The quantitative estimate of drug-likeness (QED) is 0.474. The zero-order valence-electron chi connectivity index (χ0n) is 7.24. The highest BCUT2D eigenvalue weighted by atomic mass is 14.2. The Bertz CT molecular complexity index is 236. The highest BCUT2D eigenvalue weighted by molar-refractivity contribution is 5.37. The lowest BCUT2D eigenvalue weighted by molar-refractivity contribution is 0.774. The van der Waals surface area contributed by atoms with Crippen LogP contribution in [0, 0.1) is 5.41 Å². The Kier molecular flexibility index (Phi) is 1.99. The van der Waals surface area contributed by atoms with Crippen molar-refractivity contribution in [3.8, 4) is 0 Å². The van der Waals surface area contributed by atoms with Crippen molar-refractivity contribution in [2.45, 2.75) is 19.3 Å². The van der Waals surface area contributed by atoms with Gasteiger partial charge >= 0.3 is 0 Å². The van der Waals surface area contributed by atoms with Crippen LogP contribution in [0.2, 0.25) is 0 Å². The molecule has 0 heterocycles. The molecule has 0 aliphatic heterocycles. The standard InChI is InChI=1S/C12H14/c1-2-4-8-12(9-5-3-1)10-6-7-11-12/h4-11H,1-3H2/b8-4-,9-5-. The van der Waals surface area contributed by atoms with E-state index in [4.69, 9.17) is 0 Å². The minimum Gasteiger partial charge on any atom is -0.0870 e. The van der Waals surface area contributed by atoms with Crippen LogP contribution < -0.4 is 0 Å². The van der Waals surface area contributed by atoms with Crippen molar-refractivity contribution in [2.75, 3.05) is 0 Å². The fourth-order valence-corrected chi connectivity index (χ4v) is 1.71. The number of allylic oxidation sites excluding steroid dienone is 8. The summed E-state index contributed by atoms with van der Waals surface area (Å²) < 4.78 is 0. The van der Waals surface area contributed by atoms with Crippen molar-refractivity contribution < 1.29 is 0 Å². The monoisotopic (exact) mass is 158 g/mol. The van der Waals surface area contributed by atoms with Gasteiger partial charge in [-0.05, 0) is 19.3 Å². The maximum atomic E-state index is 2.30. The van der Waals surface area contributed by atoms with Gasteiger partial charge in [0.1, 0.15) is 0 Å². The van der Waals surface area contributed by atoms with Gasteiger partial charge in [-0.1, -0.05) is 48.6 Å². The fraction of sp³-hybridized carbons (Fsp3) is 0.333. The zero-order chi connectivity index (χ0) is 8.28. The molecule has 0 radical (unpaired) electrons. The number of hydrogen-bond donors (Lipinski definition) is 0. The van der Waals surface area contributed by atoms with Gasteiger partial charge in [-0.15, -0.1) is 0 Å². The first-order valence-electron chi connectivity index (χ1n) is 4.64. The van der Waals surface area contributed by atoms with E-state index in [1.807, 2.05) is 0 Å². The van der Waals surface area contributed by atoms with Crippen LogP contribution in [-0.4, -0.2) is 0 Å². The second-order valence-electron chi connectivity index (χ2n) is 3.45. The summed E-state index contributed by atoms with van der Waals surface area (Å²) in [5.41, 5.74) is 0.125. The Morgan fingerprint density at radius 2 is 1.33 bits per heavy atom. The van der Waals surface area contributed by atoms with E-state index in [0.717, 1.165) is 0 Å². The van der Waals surface area contributed by atoms with Gasteiger partial charge < -0.3 is 0 Å². The smallest absolute Gasteiger partial charge is 0.0429 e. The minimum atomic E-state index is 0.125. The van der Waals surface area contributed by atoms with E-state index in [-0.39, 0.29) is 5.41 Å². The molecule has 12 heavy (non-hydrogen) atoms. The summed E-state index contributed by atoms with van der Waals surface area (Å²) in [4.78, 5) is 0. The van der Waals surface area contributed by atoms with Crippen LogP contribution >= 0.6 is 0 Å². The Labute approximate surface area is 74.0 Å².